The predicted octanol–water partition coefficient (Wildman–Crippen LogP) is 1.73. The molecule has 0 amide bonds. The number of aliphatic hydroxyl groups excluding tert-OH is 1. The summed E-state index contributed by atoms with van der Waals surface area (Å²) >= 11 is 0. The fraction of sp³-hybridized carbons (Fsp3) is 0.222. The Morgan fingerprint density at radius 2 is 1.94 bits per heavy atom. The number of carboxylic acid groups (broad SMARTS) is 1. The molecule has 0 bridgehead atoms. The van der Waals surface area contributed by atoms with E-state index in [0.29, 0.717) is 12.1 Å². The van der Waals surface area contributed by atoms with Gasteiger partial charge in [0.1, 0.15) is 0 Å². The Hall–Kier alpha value is -2.16. The zero-order valence-corrected chi connectivity index (χ0v) is 8.51. The average Bonchev–Trinajstić information content (AvgIpc) is 2.25. The maximum Gasteiger partial charge on any atom is 0.417 e. The molecule has 1 aromatic rings. The fourth-order valence-corrected chi connectivity index (χ4v) is 1.27. The molecule has 18 heavy (non-hydrogen) atoms. The fourth-order valence-electron chi connectivity index (χ4n) is 1.27. The van der Waals surface area contributed by atoms with Gasteiger partial charge in [-0.2, -0.15) is 13.2 Å². The minimum atomic E-state index is -5.00. The van der Waals surface area contributed by atoms with Crippen molar-refractivity contribution < 1.29 is 33.1 Å². The van der Waals surface area contributed by atoms with Gasteiger partial charge in [0.2, 0.25) is 0 Å². The SMILES string of the molecule is O=C(O)C(O)c1ccc([N+](=O)[O-])cc1C(F)(F)F. The third kappa shape index (κ3) is 2.74. The first-order chi connectivity index (χ1) is 8.14. The van der Waals surface area contributed by atoms with E-state index in [9.17, 15) is 28.1 Å². The minimum absolute atomic E-state index is 0.182. The van der Waals surface area contributed by atoms with Crippen LogP contribution in [0.5, 0.6) is 0 Å². The van der Waals surface area contributed by atoms with Crippen molar-refractivity contribution in [1.82, 2.24) is 0 Å². The average molecular weight is 265 g/mol. The molecule has 0 heterocycles. The van der Waals surface area contributed by atoms with Gasteiger partial charge in [-0.3, -0.25) is 10.1 Å². The van der Waals surface area contributed by atoms with E-state index in [2.05, 4.69) is 0 Å². The van der Waals surface area contributed by atoms with Crippen molar-refractivity contribution in [2.75, 3.05) is 0 Å². The summed E-state index contributed by atoms with van der Waals surface area (Å²) in [5.74, 6) is -1.88. The Kier molecular flexibility index (Phi) is 3.56. The summed E-state index contributed by atoms with van der Waals surface area (Å²) in [7, 11) is 0. The van der Waals surface area contributed by atoms with E-state index >= 15 is 0 Å². The monoisotopic (exact) mass is 265 g/mol. The van der Waals surface area contributed by atoms with E-state index in [1.807, 2.05) is 0 Å². The number of halogens is 3. The molecule has 2 N–H and O–H groups in total. The molecule has 1 unspecified atom stereocenters. The molecule has 0 saturated heterocycles. The van der Waals surface area contributed by atoms with E-state index in [-0.39, 0.29) is 6.07 Å². The van der Waals surface area contributed by atoms with Crippen LogP contribution in [0.2, 0.25) is 0 Å². The Morgan fingerprint density at radius 3 is 2.33 bits per heavy atom. The summed E-state index contributed by atoms with van der Waals surface area (Å²) in [4.78, 5) is 19.8. The number of hydrogen-bond acceptors (Lipinski definition) is 4. The lowest BCUT2D eigenvalue weighted by Gasteiger charge is -2.14. The van der Waals surface area contributed by atoms with Gasteiger partial charge in [0.05, 0.1) is 10.5 Å². The second kappa shape index (κ2) is 4.61. The number of alkyl halides is 3. The summed E-state index contributed by atoms with van der Waals surface area (Å²) in [6.07, 6.45) is -7.40. The molecule has 0 spiro atoms. The molecule has 0 fully saturated rings. The van der Waals surface area contributed by atoms with Crippen molar-refractivity contribution in [1.29, 1.82) is 0 Å². The molecule has 98 valence electrons. The van der Waals surface area contributed by atoms with Crippen molar-refractivity contribution in [3.05, 3.63) is 39.4 Å². The van der Waals surface area contributed by atoms with E-state index in [0.717, 1.165) is 0 Å². The second-order valence-corrected chi connectivity index (χ2v) is 3.27. The Labute approximate surface area is 97.4 Å². The quantitative estimate of drug-likeness (QED) is 0.640. The van der Waals surface area contributed by atoms with Crippen LogP contribution in [0.25, 0.3) is 0 Å². The van der Waals surface area contributed by atoms with Crippen molar-refractivity contribution >= 4 is 11.7 Å². The van der Waals surface area contributed by atoms with E-state index in [1.54, 1.807) is 0 Å². The zero-order valence-electron chi connectivity index (χ0n) is 8.51. The van der Waals surface area contributed by atoms with E-state index in [1.165, 1.54) is 0 Å². The first kappa shape index (κ1) is 13.9. The van der Waals surface area contributed by atoms with Crippen molar-refractivity contribution in [2.24, 2.45) is 0 Å². The lowest BCUT2D eigenvalue weighted by Crippen LogP contribution is -2.17. The van der Waals surface area contributed by atoms with Crippen LogP contribution in [0.15, 0.2) is 18.2 Å². The number of benzene rings is 1. The van der Waals surface area contributed by atoms with Crippen molar-refractivity contribution in [3.63, 3.8) is 0 Å². The third-order valence-corrected chi connectivity index (χ3v) is 2.08. The summed E-state index contributed by atoms with van der Waals surface area (Å²) in [5.41, 5.74) is -3.34. The summed E-state index contributed by atoms with van der Waals surface area (Å²) in [5, 5.41) is 27.9. The van der Waals surface area contributed by atoms with Gasteiger partial charge >= 0.3 is 12.1 Å². The van der Waals surface area contributed by atoms with E-state index < -0.39 is 40.0 Å². The Bertz CT molecular complexity index is 499. The molecule has 0 aromatic heterocycles. The van der Waals surface area contributed by atoms with Gasteiger partial charge in [-0.05, 0) is 6.07 Å². The molecule has 0 aliphatic rings. The normalized spacial score (nSPS) is 13.1. The molecule has 9 heteroatoms. The smallest absolute Gasteiger partial charge is 0.417 e. The summed E-state index contributed by atoms with van der Waals surface area (Å²) in [6, 6.07) is 1.44. The molecule has 6 nitrogen and oxygen atoms in total. The van der Waals surface area contributed by atoms with Crippen LogP contribution >= 0.6 is 0 Å². The van der Waals surface area contributed by atoms with E-state index in [4.69, 9.17) is 10.2 Å². The number of carboxylic acids is 1. The number of non-ortho nitro benzene ring substituents is 1. The van der Waals surface area contributed by atoms with Crippen LogP contribution in [0.4, 0.5) is 18.9 Å². The minimum Gasteiger partial charge on any atom is -0.479 e. The lowest BCUT2D eigenvalue weighted by atomic mass is 10.0. The number of aliphatic hydroxyl groups is 1. The molecular weight excluding hydrogens is 259 g/mol. The molecule has 0 radical (unpaired) electrons. The number of hydrogen-bond donors (Lipinski definition) is 2. The highest BCUT2D eigenvalue weighted by atomic mass is 19.4. The van der Waals surface area contributed by atoms with Crippen LogP contribution in [0.3, 0.4) is 0 Å². The maximum atomic E-state index is 12.6. The molecular formula is C9H6F3NO5. The van der Waals surface area contributed by atoms with Crippen LogP contribution in [0, 0.1) is 10.1 Å². The Balaban J connectivity index is 3.44. The van der Waals surface area contributed by atoms with Gasteiger partial charge < -0.3 is 10.2 Å². The molecule has 1 aromatic carbocycles. The predicted molar refractivity (Wildman–Crippen MR) is 50.7 cm³/mol. The van der Waals surface area contributed by atoms with Crippen LogP contribution < -0.4 is 0 Å². The molecule has 1 atom stereocenters. The second-order valence-electron chi connectivity index (χ2n) is 3.27. The van der Waals surface area contributed by atoms with Crippen LogP contribution in [-0.2, 0) is 11.0 Å². The van der Waals surface area contributed by atoms with Gasteiger partial charge in [-0.1, -0.05) is 0 Å². The van der Waals surface area contributed by atoms with Gasteiger partial charge in [-0.15, -0.1) is 0 Å². The first-order valence-electron chi connectivity index (χ1n) is 4.41. The summed E-state index contributed by atoms with van der Waals surface area (Å²) < 4.78 is 37.8. The molecule has 1 rings (SSSR count). The molecule has 0 aliphatic carbocycles. The number of carbonyl (C=O) groups is 1. The highest BCUT2D eigenvalue weighted by Gasteiger charge is 2.38. The largest absolute Gasteiger partial charge is 0.479 e. The highest BCUT2D eigenvalue weighted by Crippen LogP contribution is 2.36. The standard InChI is InChI=1S/C9H6F3NO5/c10-9(11,12)6-3-4(13(17)18)1-2-5(6)7(14)8(15)16/h1-3,7,14H,(H,15,16). The van der Waals surface area contributed by atoms with Gasteiger partial charge in [0, 0.05) is 17.7 Å². The number of aliphatic carboxylic acids is 1. The van der Waals surface area contributed by atoms with Gasteiger partial charge in [-0.25, -0.2) is 4.79 Å². The van der Waals surface area contributed by atoms with Crippen molar-refractivity contribution in [3.8, 4) is 0 Å². The first-order valence-corrected chi connectivity index (χ1v) is 4.41. The lowest BCUT2D eigenvalue weighted by molar-refractivity contribution is -0.385. The topological polar surface area (TPSA) is 101 Å². The van der Waals surface area contributed by atoms with Crippen LogP contribution in [-0.4, -0.2) is 21.1 Å². The summed E-state index contributed by atoms with van der Waals surface area (Å²) in [6.45, 7) is 0. The highest BCUT2D eigenvalue weighted by molar-refractivity contribution is 5.75. The van der Waals surface area contributed by atoms with Gasteiger partial charge in [0.25, 0.3) is 5.69 Å². The number of nitro benzene ring substituents is 1. The number of nitrogens with zero attached hydrogens (tertiary/aromatic N) is 1. The molecule has 0 aliphatic heterocycles. The van der Waals surface area contributed by atoms with Crippen LogP contribution in [0.1, 0.15) is 17.2 Å². The maximum absolute atomic E-state index is 12.6. The number of nitro groups is 1. The van der Waals surface area contributed by atoms with Crippen molar-refractivity contribution in [2.45, 2.75) is 12.3 Å². The number of rotatable bonds is 3. The van der Waals surface area contributed by atoms with Gasteiger partial charge in [0.15, 0.2) is 6.10 Å². The Morgan fingerprint density at radius 1 is 1.39 bits per heavy atom. The molecule has 0 saturated carbocycles. The zero-order chi connectivity index (χ0) is 14.1. The third-order valence-electron chi connectivity index (χ3n) is 2.08.